The number of esters is 1. The molecule has 0 fully saturated rings. The lowest BCUT2D eigenvalue weighted by molar-refractivity contribution is 0.0740. The fraction of sp³-hybridized carbons (Fsp3) is 0. The molecule has 0 radical (unpaired) electrons. The Kier molecular flexibility index (Phi) is 3.94. The molecule has 0 atom stereocenters. The lowest BCUT2D eigenvalue weighted by Crippen LogP contribution is -2.07. The molecule has 0 saturated carbocycles. The normalized spacial score (nSPS) is 10.3. The van der Waals surface area contributed by atoms with Crippen molar-refractivity contribution in [2.45, 2.75) is 0 Å². The highest BCUT2D eigenvalue weighted by Gasteiger charge is 2.19. The van der Waals surface area contributed by atoms with Crippen LogP contribution in [-0.4, -0.2) is 15.6 Å². The third-order valence-corrected chi connectivity index (χ3v) is 3.70. The summed E-state index contributed by atoms with van der Waals surface area (Å²) in [6.45, 7) is 0. The van der Waals surface area contributed by atoms with Gasteiger partial charge in [-0.15, -0.1) is 5.10 Å². The summed E-state index contributed by atoms with van der Waals surface area (Å²) in [5.41, 5.74) is 1.36. The second kappa shape index (κ2) is 6.03. The summed E-state index contributed by atoms with van der Waals surface area (Å²) >= 11 is 6.81. The van der Waals surface area contributed by atoms with Gasteiger partial charge < -0.3 is 4.74 Å². The molecule has 0 unspecified atom stereocenters. The van der Waals surface area contributed by atoms with Crippen molar-refractivity contribution in [2.24, 2.45) is 0 Å². The zero-order valence-electron chi connectivity index (χ0n) is 10.7. The molecule has 4 nitrogen and oxygen atoms in total. The van der Waals surface area contributed by atoms with Gasteiger partial charge in [0.15, 0.2) is 4.88 Å². The van der Waals surface area contributed by atoms with Crippen molar-refractivity contribution in [2.75, 3.05) is 0 Å². The van der Waals surface area contributed by atoms with Crippen LogP contribution in [0.15, 0.2) is 54.6 Å². The number of halogens is 1. The number of aromatic nitrogens is 2. The Morgan fingerprint density at radius 3 is 2.48 bits per heavy atom. The van der Waals surface area contributed by atoms with Crippen molar-refractivity contribution < 1.29 is 9.53 Å². The molecule has 3 rings (SSSR count). The standard InChI is InChI=1S/C15H9ClN2O2S/c16-11-6-8-12(9-7-11)20-15(19)14-13(17-18-21-14)10-4-2-1-3-5-10/h1-9H. The van der Waals surface area contributed by atoms with Gasteiger partial charge in [0.25, 0.3) is 0 Å². The lowest BCUT2D eigenvalue weighted by Gasteiger charge is -2.03. The predicted molar refractivity (Wildman–Crippen MR) is 81.8 cm³/mol. The van der Waals surface area contributed by atoms with E-state index in [2.05, 4.69) is 9.59 Å². The van der Waals surface area contributed by atoms with Crippen molar-refractivity contribution in [3.8, 4) is 17.0 Å². The van der Waals surface area contributed by atoms with E-state index in [0.29, 0.717) is 21.3 Å². The first kappa shape index (κ1) is 13.7. The van der Waals surface area contributed by atoms with E-state index in [9.17, 15) is 4.79 Å². The van der Waals surface area contributed by atoms with Crippen LogP contribution in [0.2, 0.25) is 5.02 Å². The maximum Gasteiger partial charge on any atom is 0.357 e. The van der Waals surface area contributed by atoms with Gasteiger partial charge in [-0.05, 0) is 35.8 Å². The van der Waals surface area contributed by atoms with E-state index in [0.717, 1.165) is 17.1 Å². The van der Waals surface area contributed by atoms with Crippen LogP contribution in [0.4, 0.5) is 0 Å². The van der Waals surface area contributed by atoms with E-state index >= 15 is 0 Å². The molecule has 0 saturated heterocycles. The van der Waals surface area contributed by atoms with Gasteiger partial charge in [-0.1, -0.05) is 46.4 Å². The molecule has 0 aliphatic carbocycles. The van der Waals surface area contributed by atoms with Gasteiger partial charge in [0.05, 0.1) is 0 Å². The highest BCUT2D eigenvalue weighted by Crippen LogP contribution is 2.25. The van der Waals surface area contributed by atoms with Gasteiger partial charge >= 0.3 is 5.97 Å². The predicted octanol–water partition coefficient (Wildman–Crippen LogP) is 4.08. The molecule has 104 valence electrons. The Balaban J connectivity index is 1.86. The molecule has 1 aromatic heterocycles. The molecule has 0 spiro atoms. The molecule has 0 bridgehead atoms. The summed E-state index contributed by atoms with van der Waals surface area (Å²) < 4.78 is 9.15. The van der Waals surface area contributed by atoms with Gasteiger partial charge in [0.1, 0.15) is 11.4 Å². The van der Waals surface area contributed by atoms with E-state index in [1.165, 1.54) is 0 Å². The zero-order chi connectivity index (χ0) is 14.7. The molecule has 0 aliphatic heterocycles. The number of carbonyl (C=O) groups is 1. The van der Waals surface area contributed by atoms with Crippen LogP contribution >= 0.6 is 23.1 Å². The van der Waals surface area contributed by atoms with Crippen LogP contribution < -0.4 is 4.74 Å². The van der Waals surface area contributed by atoms with Crippen molar-refractivity contribution in [3.63, 3.8) is 0 Å². The summed E-state index contributed by atoms with van der Waals surface area (Å²) in [4.78, 5) is 12.6. The van der Waals surface area contributed by atoms with E-state index in [-0.39, 0.29) is 0 Å². The van der Waals surface area contributed by atoms with Crippen molar-refractivity contribution in [1.82, 2.24) is 9.59 Å². The molecular formula is C15H9ClN2O2S. The Morgan fingerprint density at radius 2 is 1.76 bits per heavy atom. The van der Waals surface area contributed by atoms with Crippen molar-refractivity contribution in [1.29, 1.82) is 0 Å². The molecule has 21 heavy (non-hydrogen) atoms. The van der Waals surface area contributed by atoms with E-state index < -0.39 is 5.97 Å². The van der Waals surface area contributed by atoms with Crippen LogP contribution in [0.1, 0.15) is 9.67 Å². The Bertz CT molecular complexity index is 757. The molecule has 2 aromatic carbocycles. The first-order chi connectivity index (χ1) is 10.2. The number of hydrogen-bond acceptors (Lipinski definition) is 5. The molecule has 1 heterocycles. The summed E-state index contributed by atoms with van der Waals surface area (Å²) in [6, 6.07) is 16.0. The third-order valence-electron chi connectivity index (χ3n) is 2.74. The molecule has 0 aliphatic rings. The number of ether oxygens (including phenoxy) is 1. The summed E-state index contributed by atoms with van der Waals surface area (Å²) in [6.07, 6.45) is 0. The van der Waals surface area contributed by atoms with Gasteiger partial charge in [0, 0.05) is 10.6 Å². The quantitative estimate of drug-likeness (QED) is 0.539. The second-order valence-corrected chi connectivity index (χ2v) is 5.35. The average Bonchev–Trinajstić information content (AvgIpc) is 3.00. The monoisotopic (exact) mass is 316 g/mol. The minimum Gasteiger partial charge on any atom is -0.422 e. The van der Waals surface area contributed by atoms with Crippen molar-refractivity contribution >= 4 is 29.1 Å². The molecular weight excluding hydrogens is 308 g/mol. The lowest BCUT2D eigenvalue weighted by atomic mass is 10.1. The number of hydrogen-bond donors (Lipinski definition) is 0. The largest absolute Gasteiger partial charge is 0.422 e. The molecule has 3 aromatic rings. The van der Waals surface area contributed by atoms with Gasteiger partial charge in [0.2, 0.25) is 0 Å². The minimum atomic E-state index is -0.480. The van der Waals surface area contributed by atoms with Gasteiger partial charge in [-0.3, -0.25) is 0 Å². The number of nitrogens with zero attached hydrogens (tertiary/aromatic N) is 2. The smallest absolute Gasteiger partial charge is 0.357 e. The second-order valence-electron chi connectivity index (χ2n) is 4.16. The highest BCUT2D eigenvalue weighted by atomic mass is 35.5. The first-order valence-electron chi connectivity index (χ1n) is 6.09. The van der Waals surface area contributed by atoms with Crippen LogP contribution in [0, 0.1) is 0 Å². The fourth-order valence-electron chi connectivity index (χ4n) is 1.77. The Labute approximate surface area is 130 Å². The van der Waals surface area contributed by atoms with Crippen LogP contribution in [0.5, 0.6) is 5.75 Å². The first-order valence-corrected chi connectivity index (χ1v) is 7.25. The highest BCUT2D eigenvalue weighted by molar-refractivity contribution is 7.08. The minimum absolute atomic E-state index is 0.371. The van der Waals surface area contributed by atoms with Crippen molar-refractivity contribution in [3.05, 3.63) is 64.5 Å². The maximum atomic E-state index is 12.2. The maximum absolute atomic E-state index is 12.2. The van der Waals surface area contributed by atoms with Crippen LogP contribution in [0.3, 0.4) is 0 Å². The number of rotatable bonds is 3. The molecule has 0 N–H and O–H groups in total. The zero-order valence-corrected chi connectivity index (χ0v) is 12.3. The van der Waals surface area contributed by atoms with Crippen LogP contribution in [0.25, 0.3) is 11.3 Å². The van der Waals surface area contributed by atoms with E-state index in [4.69, 9.17) is 16.3 Å². The topological polar surface area (TPSA) is 52.1 Å². The van der Waals surface area contributed by atoms with Crippen LogP contribution in [-0.2, 0) is 0 Å². The molecule has 0 amide bonds. The average molecular weight is 317 g/mol. The number of carbonyl (C=O) groups excluding carboxylic acids is 1. The van der Waals surface area contributed by atoms with E-state index in [1.807, 2.05) is 30.3 Å². The summed E-state index contributed by atoms with van der Waals surface area (Å²) in [5.74, 6) is -0.0528. The number of benzene rings is 2. The van der Waals surface area contributed by atoms with E-state index in [1.54, 1.807) is 24.3 Å². The summed E-state index contributed by atoms with van der Waals surface area (Å²) in [5, 5.41) is 4.59. The van der Waals surface area contributed by atoms with Gasteiger partial charge in [-0.2, -0.15) is 0 Å². The fourth-order valence-corrected chi connectivity index (χ4v) is 2.46. The Hall–Kier alpha value is -2.24. The SMILES string of the molecule is O=C(Oc1ccc(Cl)cc1)c1snnc1-c1ccccc1. The molecule has 6 heteroatoms. The Morgan fingerprint density at radius 1 is 1.05 bits per heavy atom. The third kappa shape index (κ3) is 3.09. The summed E-state index contributed by atoms with van der Waals surface area (Å²) in [7, 11) is 0. The van der Waals surface area contributed by atoms with Gasteiger partial charge in [-0.25, -0.2) is 4.79 Å².